The van der Waals surface area contributed by atoms with Gasteiger partial charge in [0.15, 0.2) is 0 Å². The first-order valence-corrected chi connectivity index (χ1v) is 9.65. The molecule has 1 fully saturated rings. The Labute approximate surface area is 149 Å². The van der Waals surface area contributed by atoms with E-state index in [1.807, 2.05) is 13.8 Å². The van der Waals surface area contributed by atoms with E-state index >= 15 is 0 Å². The summed E-state index contributed by atoms with van der Waals surface area (Å²) < 4.78 is 25.2. The molecule has 138 valence electrons. The van der Waals surface area contributed by atoms with Gasteiger partial charge in [0.2, 0.25) is 21.8 Å². The molecule has 1 aliphatic heterocycles. The number of likely N-dealkylation sites (tertiary alicyclic amines) is 1. The molecule has 1 heterocycles. The highest BCUT2D eigenvalue weighted by atomic mass is 32.2. The van der Waals surface area contributed by atoms with Crippen molar-refractivity contribution in [2.45, 2.75) is 37.8 Å². The molecule has 1 saturated heterocycles. The average Bonchev–Trinajstić information content (AvgIpc) is 2.95. The zero-order valence-electron chi connectivity index (χ0n) is 15.0. The maximum Gasteiger partial charge on any atom is 0.242 e. The van der Waals surface area contributed by atoms with Crippen molar-refractivity contribution in [3.8, 4) is 0 Å². The number of rotatable bonds is 6. The van der Waals surface area contributed by atoms with Crippen LogP contribution < -0.4 is 5.32 Å². The van der Waals surface area contributed by atoms with E-state index in [1.165, 1.54) is 26.2 Å². The molecule has 0 aliphatic carbocycles. The molecule has 0 bridgehead atoms. The number of hydrogen-bond acceptors (Lipinski definition) is 4. The highest BCUT2D eigenvalue weighted by Gasteiger charge is 2.35. The predicted octanol–water partition coefficient (Wildman–Crippen LogP) is 0.810. The Hall–Kier alpha value is -1.93. The molecule has 8 heteroatoms. The third-order valence-electron chi connectivity index (χ3n) is 4.32. The van der Waals surface area contributed by atoms with E-state index in [0.29, 0.717) is 13.1 Å². The number of benzene rings is 1. The highest BCUT2D eigenvalue weighted by Crippen LogP contribution is 2.20. The van der Waals surface area contributed by atoms with Gasteiger partial charge < -0.3 is 10.2 Å². The predicted molar refractivity (Wildman–Crippen MR) is 94.1 cm³/mol. The Balaban J connectivity index is 1.94. The van der Waals surface area contributed by atoms with Crippen LogP contribution in [-0.2, 0) is 26.2 Å². The van der Waals surface area contributed by atoms with Crippen molar-refractivity contribution in [3.63, 3.8) is 0 Å². The van der Waals surface area contributed by atoms with Crippen molar-refractivity contribution in [3.05, 3.63) is 29.8 Å². The van der Waals surface area contributed by atoms with E-state index in [9.17, 15) is 18.0 Å². The van der Waals surface area contributed by atoms with Gasteiger partial charge in [-0.1, -0.05) is 12.1 Å². The number of nitrogens with zero attached hydrogens (tertiary/aromatic N) is 2. The van der Waals surface area contributed by atoms with Crippen LogP contribution in [0.1, 0.15) is 25.8 Å². The molecular weight excluding hydrogens is 342 g/mol. The Morgan fingerprint density at radius 3 is 2.36 bits per heavy atom. The van der Waals surface area contributed by atoms with Crippen LogP contribution in [0.5, 0.6) is 0 Å². The smallest absolute Gasteiger partial charge is 0.242 e. The van der Waals surface area contributed by atoms with Gasteiger partial charge in [-0.15, -0.1) is 0 Å². The molecule has 2 rings (SSSR count). The molecule has 25 heavy (non-hydrogen) atoms. The largest absolute Gasteiger partial charge is 0.352 e. The Kier molecular flexibility index (Phi) is 5.84. The molecule has 1 aliphatic rings. The van der Waals surface area contributed by atoms with Crippen LogP contribution in [0.2, 0.25) is 0 Å². The standard InChI is InChI=1S/C17H25N3O4S/c1-12(2)20-11-14(9-16(20)21)17(22)18-10-13-5-7-15(8-6-13)25(23,24)19(3)4/h5-8,12,14H,9-11H2,1-4H3,(H,18,22). The van der Waals surface area contributed by atoms with E-state index in [-0.39, 0.29) is 35.1 Å². The Morgan fingerprint density at radius 2 is 1.88 bits per heavy atom. The molecule has 1 atom stereocenters. The summed E-state index contributed by atoms with van der Waals surface area (Å²) in [5, 5.41) is 2.82. The van der Waals surface area contributed by atoms with Crippen LogP contribution in [0.3, 0.4) is 0 Å². The van der Waals surface area contributed by atoms with Crippen molar-refractivity contribution in [2.75, 3.05) is 20.6 Å². The second kappa shape index (κ2) is 7.53. The Bertz CT molecular complexity index is 742. The first kappa shape index (κ1) is 19.4. The van der Waals surface area contributed by atoms with Gasteiger partial charge in [-0.2, -0.15) is 0 Å². The fourth-order valence-corrected chi connectivity index (χ4v) is 3.63. The van der Waals surface area contributed by atoms with Gasteiger partial charge in [0.25, 0.3) is 0 Å². The first-order valence-electron chi connectivity index (χ1n) is 8.21. The number of hydrogen-bond donors (Lipinski definition) is 1. The summed E-state index contributed by atoms with van der Waals surface area (Å²) in [6, 6.07) is 6.50. The lowest BCUT2D eigenvalue weighted by Crippen LogP contribution is -2.35. The van der Waals surface area contributed by atoms with E-state index < -0.39 is 10.0 Å². The van der Waals surface area contributed by atoms with Crippen LogP contribution >= 0.6 is 0 Å². The summed E-state index contributed by atoms with van der Waals surface area (Å²) in [5.74, 6) is -0.474. The normalized spacial score (nSPS) is 18.2. The van der Waals surface area contributed by atoms with Gasteiger partial charge in [0.05, 0.1) is 10.8 Å². The van der Waals surface area contributed by atoms with Crippen molar-refractivity contribution in [1.82, 2.24) is 14.5 Å². The Morgan fingerprint density at radius 1 is 1.28 bits per heavy atom. The lowest BCUT2D eigenvalue weighted by Gasteiger charge is -2.20. The minimum atomic E-state index is -3.46. The second-order valence-corrected chi connectivity index (χ2v) is 8.84. The minimum Gasteiger partial charge on any atom is -0.352 e. The molecule has 1 aromatic carbocycles. The van der Waals surface area contributed by atoms with Gasteiger partial charge >= 0.3 is 0 Å². The van der Waals surface area contributed by atoms with Crippen LogP contribution in [0.25, 0.3) is 0 Å². The number of nitrogens with one attached hydrogen (secondary N) is 1. The zero-order chi connectivity index (χ0) is 18.8. The number of carbonyl (C=O) groups excluding carboxylic acids is 2. The summed E-state index contributed by atoms with van der Waals surface area (Å²) in [5.41, 5.74) is 0.802. The molecule has 1 unspecified atom stereocenters. The number of amides is 2. The SMILES string of the molecule is CC(C)N1CC(C(=O)NCc2ccc(S(=O)(=O)N(C)C)cc2)CC1=O. The minimum absolute atomic E-state index is 0.00777. The van der Waals surface area contributed by atoms with Crippen LogP contribution in [0, 0.1) is 5.92 Å². The van der Waals surface area contributed by atoms with E-state index in [2.05, 4.69) is 5.32 Å². The molecule has 1 N–H and O–H groups in total. The van der Waals surface area contributed by atoms with Gasteiger partial charge in [-0.25, -0.2) is 12.7 Å². The molecule has 0 saturated carbocycles. The molecule has 7 nitrogen and oxygen atoms in total. The number of carbonyl (C=O) groups is 2. The molecule has 0 radical (unpaired) electrons. The maximum atomic E-state index is 12.3. The van der Waals surface area contributed by atoms with Crippen LogP contribution in [-0.4, -0.2) is 56.1 Å². The number of sulfonamides is 1. The summed E-state index contributed by atoms with van der Waals surface area (Å²) in [6.45, 7) is 4.61. The summed E-state index contributed by atoms with van der Waals surface area (Å²) >= 11 is 0. The fraction of sp³-hybridized carbons (Fsp3) is 0.529. The van der Waals surface area contributed by atoms with Crippen molar-refractivity contribution < 1.29 is 18.0 Å². The average molecular weight is 367 g/mol. The lowest BCUT2D eigenvalue weighted by atomic mass is 10.1. The summed E-state index contributed by atoms with van der Waals surface area (Å²) in [4.78, 5) is 26.1. The van der Waals surface area contributed by atoms with E-state index in [1.54, 1.807) is 17.0 Å². The van der Waals surface area contributed by atoms with E-state index in [4.69, 9.17) is 0 Å². The van der Waals surface area contributed by atoms with Crippen LogP contribution in [0.4, 0.5) is 0 Å². The van der Waals surface area contributed by atoms with Crippen molar-refractivity contribution in [2.24, 2.45) is 5.92 Å². The highest BCUT2D eigenvalue weighted by molar-refractivity contribution is 7.89. The van der Waals surface area contributed by atoms with Gasteiger partial charge in [-0.05, 0) is 31.5 Å². The molecule has 2 amide bonds. The van der Waals surface area contributed by atoms with Gasteiger partial charge in [0.1, 0.15) is 0 Å². The van der Waals surface area contributed by atoms with Crippen molar-refractivity contribution in [1.29, 1.82) is 0 Å². The molecular formula is C17H25N3O4S. The third kappa shape index (κ3) is 4.38. The zero-order valence-corrected chi connectivity index (χ0v) is 15.8. The van der Waals surface area contributed by atoms with Gasteiger partial charge in [0, 0.05) is 39.6 Å². The second-order valence-electron chi connectivity index (χ2n) is 6.69. The fourth-order valence-electron chi connectivity index (χ4n) is 2.73. The monoisotopic (exact) mass is 367 g/mol. The summed E-state index contributed by atoms with van der Waals surface area (Å²) in [6.07, 6.45) is 0.240. The lowest BCUT2D eigenvalue weighted by molar-refractivity contribution is -0.130. The summed E-state index contributed by atoms with van der Waals surface area (Å²) in [7, 11) is -0.498. The topological polar surface area (TPSA) is 86.8 Å². The van der Waals surface area contributed by atoms with Crippen LogP contribution in [0.15, 0.2) is 29.2 Å². The first-order chi connectivity index (χ1) is 11.6. The third-order valence-corrected chi connectivity index (χ3v) is 6.15. The molecule has 0 aromatic heterocycles. The molecule has 1 aromatic rings. The van der Waals surface area contributed by atoms with Gasteiger partial charge in [-0.3, -0.25) is 9.59 Å². The molecule has 0 spiro atoms. The van der Waals surface area contributed by atoms with E-state index in [0.717, 1.165) is 9.87 Å². The quantitative estimate of drug-likeness (QED) is 0.806. The van der Waals surface area contributed by atoms with Crippen molar-refractivity contribution >= 4 is 21.8 Å². The maximum absolute atomic E-state index is 12.3.